The van der Waals surface area contributed by atoms with Gasteiger partial charge in [-0.1, -0.05) is 18.2 Å². The predicted octanol–water partition coefficient (Wildman–Crippen LogP) is 1.74. The summed E-state index contributed by atoms with van der Waals surface area (Å²) < 4.78 is 73.3. The van der Waals surface area contributed by atoms with Crippen LogP contribution >= 0.6 is 0 Å². The first-order chi connectivity index (χ1) is 9.78. The summed E-state index contributed by atoms with van der Waals surface area (Å²) in [6.45, 7) is -0.648. The van der Waals surface area contributed by atoms with E-state index in [1.54, 1.807) is 6.07 Å². The van der Waals surface area contributed by atoms with Crippen molar-refractivity contribution in [1.29, 1.82) is 0 Å². The lowest BCUT2D eigenvalue weighted by Gasteiger charge is -2.25. The lowest BCUT2D eigenvalue weighted by atomic mass is 10.2. The highest BCUT2D eigenvalue weighted by molar-refractivity contribution is 7.89. The second-order valence-corrected chi connectivity index (χ2v) is 6.28. The molecular formula is C12H14F3NO4S. The number of sulfonamides is 1. The van der Waals surface area contributed by atoms with Crippen LogP contribution in [0.15, 0.2) is 29.2 Å². The fraction of sp³-hybridized carbons (Fsp3) is 0.500. The molecule has 1 fully saturated rings. The number of rotatable bonds is 4. The van der Waals surface area contributed by atoms with Crippen LogP contribution in [0.2, 0.25) is 0 Å². The Morgan fingerprint density at radius 3 is 2.67 bits per heavy atom. The van der Waals surface area contributed by atoms with E-state index in [1.165, 1.54) is 25.3 Å². The molecule has 21 heavy (non-hydrogen) atoms. The minimum absolute atomic E-state index is 0.0131. The van der Waals surface area contributed by atoms with Crippen LogP contribution in [0.1, 0.15) is 5.56 Å². The van der Waals surface area contributed by atoms with Gasteiger partial charge in [0.1, 0.15) is 0 Å². The van der Waals surface area contributed by atoms with Gasteiger partial charge < -0.3 is 9.47 Å². The van der Waals surface area contributed by atoms with Gasteiger partial charge in [-0.2, -0.15) is 17.5 Å². The second kappa shape index (κ2) is 5.91. The van der Waals surface area contributed by atoms with Crippen molar-refractivity contribution in [3.63, 3.8) is 0 Å². The molecule has 1 aromatic carbocycles. The van der Waals surface area contributed by atoms with Crippen LogP contribution in [0.5, 0.6) is 0 Å². The molecule has 0 saturated carbocycles. The van der Waals surface area contributed by atoms with Gasteiger partial charge in [0.15, 0.2) is 0 Å². The quantitative estimate of drug-likeness (QED) is 0.846. The Balaban J connectivity index is 2.43. The number of halogens is 3. The monoisotopic (exact) mass is 325 g/mol. The molecule has 0 aromatic heterocycles. The minimum atomic E-state index is -4.78. The van der Waals surface area contributed by atoms with Crippen molar-refractivity contribution in [2.24, 2.45) is 0 Å². The largest absolute Gasteiger partial charge is 0.429 e. The molecule has 1 aliphatic rings. The maximum atomic E-state index is 12.8. The van der Waals surface area contributed by atoms with Crippen LogP contribution in [-0.4, -0.2) is 45.4 Å². The fourth-order valence-electron chi connectivity index (χ4n) is 2.12. The number of benzene rings is 1. The van der Waals surface area contributed by atoms with E-state index >= 15 is 0 Å². The summed E-state index contributed by atoms with van der Waals surface area (Å²) in [5, 5.41) is 0. The van der Waals surface area contributed by atoms with E-state index < -0.39 is 22.4 Å². The number of nitrogens with zero attached hydrogens (tertiary/aromatic N) is 1. The molecule has 1 heterocycles. The maximum absolute atomic E-state index is 12.8. The summed E-state index contributed by atoms with van der Waals surface area (Å²) in [7, 11) is -2.94. The van der Waals surface area contributed by atoms with Crippen molar-refractivity contribution >= 4 is 10.0 Å². The second-order valence-electron chi connectivity index (χ2n) is 4.42. The Kier molecular flexibility index (Phi) is 4.57. The number of hydrogen-bond donors (Lipinski definition) is 0. The lowest BCUT2D eigenvalue weighted by molar-refractivity contribution is -0.228. The van der Waals surface area contributed by atoms with Gasteiger partial charge in [0.25, 0.3) is 0 Å². The highest BCUT2D eigenvalue weighted by Crippen LogP contribution is 2.33. The number of alkyl halides is 3. The molecular weight excluding hydrogens is 311 g/mol. The van der Waals surface area contributed by atoms with Crippen LogP contribution in [0.25, 0.3) is 0 Å². The smallest absolute Gasteiger partial charge is 0.380 e. The van der Waals surface area contributed by atoms with Gasteiger partial charge >= 0.3 is 6.18 Å². The summed E-state index contributed by atoms with van der Waals surface area (Å²) in [4.78, 5) is -0.202. The Morgan fingerprint density at radius 2 is 2.05 bits per heavy atom. The zero-order valence-corrected chi connectivity index (χ0v) is 11.9. The molecule has 118 valence electrons. The SMILES string of the molecule is COCc1ccccc1S(=O)(=O)N1CCOC1C(F)(F)F. The Bertz CT molecular complexity index is 603. The average molecular weight is 325 g/mol. The van der Waals surface area contributed by atoms with E-state index in [0.717, 1.165) is 0 Å². The van der Waals surface area contributed by atoms with E-state index in [1.807, 2.05) is 0 Å². The van der Waals surface area contributed by atoms with Gasteiger partial charge in [-0.15, -0.1) is 0 Å². The van der Waals surface area contributed by atoms with Crippen molar-refractivity contribution in [1.82, 2.24) is 4.31 Å². The Morgan fingerprint density at radius 1 is 1.38 bits per heavy atom. The summed E-state index contributed by atoms with van der Waals surface area (Å²) in [5.74, 6) is 0. The molecule has 0 spiro atoms. The fourth-order valence-corrected chi connectivity index (χ4v) is 3.82. The number of hydrogen-bond acceptors (Lipinski definition) is 4. The third-order valence-corrected chi connectivity index (χ3v) is 4.93. The summed E-state index contributed by atoms with van der Waals surface area (Å²) in [5.41, 5.74) is 0.299. The van der Waals surface area contributed by atoms with Crippen LogP contribution in [0.3, 0.4) is 0 Å². The summed E-state index contributed by atoms with van der Waals surface area (Å²) >= 11 is 0. The standard InChI is InChI=1S/C12H14F3NO4S/c1-19-8-9-4-2-3-5-10(9)21(17,18)16-6-7-20-11(16)12(13,14)15/h2-5,11H,6-8H2,1H3. The molecule has 1 aromatic rings. The summed E-state index contributed by atoms with van der Waals surface area (Å²) in [6.07, 6.45) is -7.22. The third kappa shape index (κ3) is 3.20. The first kappa shape index (κ1) is 16.2. The molecule has 9 heteroatoms. The van der Waals surface area contributed by atoms with Crippen LogP contribution in [-0.2, 0) is 26.1 Å². The Labute approximate surface area is 120 Å². The molecule has 0 radical (unpaired) electrons. The van der Waals surface area contributed by atoms with Crippen molar-refractivity contribution in [3.8, 4) is 0 Å². The predicted molar refractivity (Wildman–Crippen MR) is 66.8 cm³/mol. The third-order valence-electron chi connectivity index (χ3n) is 2.99. The number of ether oxygens (including phenoxy) is 2. The van der Waals surface area contributed by atoms with E-state index in [2.05, 4.69) is 4.74 Å². The minimum Gasteiger partial charge on any atom is -0.380 e. The van der Waals surface area contributed by atoms with Crippen LogP contribution < -0.4 is 0 Å². The van der Waals surface area contributed by atoms with E-state index in [9.17, 15) is 21.6 Å². The van der Waals surface area contributed by atoms with Crippen molar-refractivity contribution in [3.05, 3.63) is 29.8 Å². The van der Waals surface area contributed by atoms with Crippen LogP contribution in [0, 0.1) is 0 Å². The Hall–Kier alpha value is -1.16. The number of methoxy groups -OCH3 is 1. The van der Waals surface area contributed by atoms with Gasteiger partial charge in [-0.05, 0) is 11.6 Å². The van der Waals surface area contributed by atoms with Crippen molar-refractivity contribution < 1.29 is 31.1 Å². The van der Waals surface area contributed by atoms with E-state index in [4.69, 9.17) is 4.74 Å². The maximum Gasteiger partial charge on any atom is 0.429 e. The average Bonchev–Trinajstić information content (AvgIpc) is 2.89. The normalized spacial score (nSPS) is 20.9. The van der Waals surface area contributed by atoms with Gasteiger partial charge in [0.05, 0.1) is 18.1 Å². The first-order valence-electron chi connectivity index (χ1n) is 6.05. The molecule has 1 aliphatic heterocycles. The topological polar surface area (TPSA) is 55.8 Å². The first-order valence-corrected chi connectivity index (χ1v) is 7.49. The zero-order chi connectivity index (χ0) is 15.7. The van der Waals surface area contributed by atoms with E-state index in [-0.39, 0.29) is 24.7 Å². The molecule has 5 nitrogen and oxygen atoms in total. The molecule has 2 rings (SSSR count). The molecule has 1 unspecified atom stereocenters. The lowest BCUT2D eigenvalue weighted by Crippen LogP contribution is -2.45. The molecule has 0 aliphatic carbocycles. The highest BCUT2D eigenvalue weighted by Gasteiger charge is 2.52. The van der Waals surface area contributed by atoms with Crippen molar-refractivity contribution in [2.45, 2.75) is 23.9 Å². The zero-order valence-electron chi connectivity index (χ0n) is 11.1. The van der Waals surface area contributed by atoms with Gasteiger partial charge in [0.2, 0.25) is 16.3 Å². The van der Waals surface area contributed by atoms with E-state index in [0.29, 0.717) is 9.87 Å². The molecule has 1 atom stereocenters. The van der Waals surface area contributed by atoms with Crippen molar-refractivity contribution in [2.75, 3.05) is 20.3 Å². The van der Waals surface area contributed by atoms with Gasteiger partial charge in [-0.3, -0.25) is 0 Å². The molecule has 1 saturated heterocycles. The van der Waals surface area contributed by atoms with Gasteiger partial charge in [0, 0.05) is 13.7 Å². The van der Waals surface area contributed by atoms with Crippen LogP contribution in [0.4, 0.5) is 13.2 Å². The highest BCUT2D eigenvalue weighted by atomic mass is 32.2. The molecule has 0 amide bonds. The van der Waals surface area contributed by atoms with Gasteiger partial charge in [-0.25, -0.2) is 8.42 Å². The molecule has 0 N–H and O–H groups in total. The molecule has 0 bridgehead atoms. The summed E-state index contributed by atoms with van der Waals surface area (Å²) in [6, 6.07) is 5.80.